The van der Waals surface area contributed by atoms with Crippen molar-refractivity contribution < 1.29 is 4.79 Å². The number of amides is 2. The van der Waals surface area contributed by atoms with Crippen LogP contribution in [0.1, 0.15) is 22.4 Å². The molecular formula is C21H19N5O. The number of hydrogen-bond donors (Lipinski definition) is 1. The summed E-state index contributed by atoms with van der Waals surface area (Å²) in [6.07, 6.45) is 2.55. The van der Waals surface area contributed by atoms with Gasteiger partial charge in [-0.3, -0.25) is 0 Å². The zero-order chi connectivity index (χ0) is 18.8. The number of urea groups is 1. The summed E-state index contributed by atoms with van der Waals surface area (Å²) in [5, 5.41) is 16.4. The van der Waals surface area contributed by atoms with Crippen LogP contribution in [0.25, 0.3) is 5.69 Å². The summed E-state index contributed by atoms with van der Waals surface area (Å²) in [6, 6.07) is 17.1. The van der Waals surface area contributed by atoms with Gasteiger partial charge in [-0.2, -0.15) is 10.4 Å². The molecule has 0 atom stereocenters. The fourth-order valence-electron chi connectivity index (χ4n) is 3.24. The van der Waals surface area contributed by atoms with Crippen molar-refractivity contribution in [2.24, 2.45) is 0 Å². The number of anilines is 1. The second-order valence-corrected chi connectivity index (χ2v) is 6.65. The standard InChI is InChI=1S/C21H19N5O/c1-15-2-6-18(7-3-15)24-21(27)25-11-10-20-17(14-25)13-23-26(20)19-8-4-16(12-22)5-9-19/h2-9,13H,10-11,14H2,1H3,(H,24,27). The van der Waals surface area contributed by atoms with Crippen LogP contribution in [0.15, 0.2) is 54.7 Å². The smallest absolute Gasteiger partial charge is 0.320 e. The van der Waals surface area contributed by atoms with Crippen molar-refractivity contribution in [2.45, 2.75) is 19.9 Å². The molecule has 0 bridgehead atoms. The van der Waals surface area contributed by atoms with Gasteiger partial charge in [-0.25, -0.2) is 9.48 Å². The van der Waals surface area contributed by atoms with Crippen molar-refractivity contribution in [1.82, 2.24) is 14.7 Å². The van der Waals surface area contributed by atoms with E-state index < -0.39 is 0 Å². The molecule has 0 saturated carbocycles. The zero-order valence-corrected chi connectivity index (χ0v) is 15.0. The summed E-state index contributed by atoms with van der Waals surface area (Å²) in [5.74, 6) is 0. The van der Waals surface area contributed by atoms with Crippen molar-refractivity contribution in [1.29, 1.82) is 5.26 Å². The Morgan fingerprint density at radius 3 is 2.59 bits per heavy atom. The summed E-state index contributed by atoms with van der Waals surface area (Å²) in [7, 11) is 0. The monoisotopic (exact) mass is 357 g/mol. The van der Waals surface area contributed by atoms with Crippen LogP contribution in [0.4, 0.5) is 10.5 Å². The summed E-state index contributed by atoms with van der Waals surface area (Å²) in [6.45, 7) is 3.18. The molecule has 2 aromatic carbocycles. The van der Waals surface area contributed by atoms with Gasteiger partial charge in [0.15, 0.2) is 0 Å². The second kappa shape index (κ2) is 6.96. The van der Waals surface area contributed by atoms with E-state index in [1.54, 1.807) is 17.0 Å². The van der Waals surface area contributed by atoms with Crippen molar-refractivity contribution >= 4 is 11.7 Å². The highest BCUT2D eigenvalue weighted by Crippen LogP contribution is 2.23. The van der Waals surface area contributed by atoms with Gasteiger partial charge in [0, 0.05) is 24.2 Å². The van der Waals surface area contributed by atoms with E-state index in [-0.39, 0.29) is 6.03 Å². The van der Waals surface area contributed by atoms with Gasteiger partial charge in [0.2, 0.25) is 0 Å². The first-order valence-corrected chi connectivity index (χ1v) is 8.83. The molecule has 0 fully saturated rings. The van der Waals surface area contributed by atoms with E-state index in [2.05, 4.69) is 16.5 Å². The van der Waals surface area contributed by atoms with E-state index in [0.29, 0.717) is 18.7 Å². The van der Waals surface area contributed by atoms with Crippen molar-refractivity contribution in [3.05, 3.63) is 77.1 Å². The topological polar surface area (TPSA) is 74.0 Å². The van der Waals surface area contributed by atoms with E-state index in [9.17, 15) is 4.79 Å². The first kappa shape index (κ1) is 16.9. The van der Waals surface area contributed by atoms with Crippen LogP contribution in [0.3, 0.4) is 0 Å². The lowest BCUT2D eigenvalue weighted by atomic mass is 10.1. The van der Waals surface area contributed by atoms with Crippen LogP contribution in [0.2, 0.25) is 0 Å². The third-order valence-electron chi connectivity index (χ3n) is 4.77. The minimum absolute atomic E-state index is 0.101. The summed E-state index contributed by atoms with van der Waals surface area (Å²) in [4.78, 5) is 14.4. The average molecular weight is 357 g/mol. The van der Waals surface area contributed by atoms with E-state index in [4.69, 9.17) is 5.26 Å². The highest BCUT2D eigenvalue weighted by molar-refractivity contribution is 5.89. The molecule has 0 spiro atoms. The molecule has 1 aliphatic rings. The Labute approximate surface area is 157 Å². The van der Waals surface area contributed by atoms with Crippen LogP contribution >= 0.6 is 0 Å². The number of hydrogen-bond acceptors (Lipinski definition) is 3. The van der Waals surface area contributed by atoms with Crippen LogP contribution < -0.4 is 5.32 Å². The molecule has 0 unspecified atom stereocenters. The maximum Gasteiger partial charge on any atom is 0.322 e. The van der Waals surface area contributed by atoms with Crippen LogP contribution in [0.5, 0.6) is 0 Å². The number of aromatic nitrogens is 2. The summed E-state index contributed by atoms with van der Waals surface area (Å²) in [5.41, 5.74) is 5.66. The van der Waals surface area contributed by atoms with E-state index in [0.717, 1.165) is 34.6 Å². The molecular weight excluding hydrogens is 338 g/mol. The van der Waals surface area contributed by atoms with E-state index in [1.165, 1.54) is 0 Å². The number of rotatable bonds is 2. The Hall–Kier alpha value is -3.59. The number of benzene rings is 2. The number of nitriles is 1. The summed E-state index contributed by atoms with van der Waals surface area (Å²) >= 11 is 0. The number of carbonyl (C=O) groups is 1. The Morgan fingerprint density at radius 2 is 1.89 bits per heavy atom. The minimum Gasteiger partial charge on any atom is -0.320 e. The SMILES string of the molecule is Cc1ccc(NC(=O)N2CCc3c(cnn3-c3ccc(C#N)cc3)C2)cc1. The first-order valence-electron chi connectivity index (χ1n) is 8.83. The molecule has 1 N–H and O–H groups in total. The maximum atomic E-state index is 12.6. The normalized spacial score (nSPS) is 13.0. The van der Waals surface area contributed by atoms with Gasteiger partial charge in [-0.1, -0.05) is 17.7 Å². The van der Waals surface area contributed by atoms with Crippen LogP contribution in [0, 0.1) is 18.3 Å². The minimum atomic E-state index is -0.101. The fraction of sp³-hybridized carbons (Fsp3) is 0.190. The Kier molecular flexibility index (Phi) is 4.35. The fourth-order valence-corrected chi connectivity index (χ4v) is 3.24. The van der Waals surface area contributed by atoms with Crippen LogP contribution in [-0.4, -0.2) is 27.3 Å². The van der Waals surface area contributed by atoms with Gasteiger partial charge in [-0.15, -0.1) is 0 Å². The predicted octanol–water partition coefficient (Wildman–Crippen LogP) is 3.64. The molecule has 1 aliphatic heterocycles. The number of aryl methyl sites for hydroxylation is 1. The quantitative estimate of drug-likeness (QED) is 0.761. The second-order valence-electron chi connectivity index (χ2n) is 6.65. The lowest BCUT2D eigenvalue weighted by molar-refractivity contribution is 0.206. The maximum absolute atomic E-state index is 12.6. The lowest BCUT2D eigenvalue weighted by Crippen LogP contribution is -2.39. The van der Waals surface area contributed by atoms with Gasteiger partial charge in [0.25, 0.3) is 0 Å². The van der Waals surface area contributed by atoms with Gasteiger partial charge >= 0.3 is 6.03 Å². The lowest BCUT2D eigenvalue weighted by Gasteiger charge is -2.27. The van der Waals surface area contributed by atoms with E-state index >= 15 is 0 Å². The first-order chi connectivity index (χ1) is 13.1. The number of nitrogens with zero attached hydrogens (tertiary/aromatic N) is 4. The molecule has 0 aliphatic carbocycles. The Balaban J connectivity index is 1.49. The van der Waals surface area contributed by atoms with Gasteiger partial charge < -0.3 is 10.2 Å². The molecule has 134 valence electrons. The molecule has 2 heterocycles. The molecule has 3 aromatic rings. The number of nitrogens with one attached hydrogen (secondary N) is 1. The third-order valence-corrected chi connectivity index (χ3v) is 4.77. The highest BCUT2D eigenvalue weighted by atomic mass is 16.2. The largest absolute Gasteiger partial charge is 0.322 e. The van der Waals surface area contributed by atoms with Crippen LogP contribution in [-0.2, 0) is 13.0 Å². The molecule has 0 radical (unpaired) electrons. The van der Waals surface area contributed by atoms with Gasteiger partial charge in [0.1, 0.15) is 0 Å². The third kappa shape index (κ3) is 3.40. The summed E-state index contributed by atoms with van der Waals surface area (Å²) < 4.78 is 1.89. The zero-order valence-electron chi connectivity index (χ0n) is 15.0. The molecule has 27 heavy (non-hydrogen) atoms. The van der Waals surface area contributed by atoms with Crippen molar-refractivity contribution in [3.8, 4) is 11.8 Å². The van der Waals surface area contributed by atoms with Crippen molar-refractivity contribution in [2.75, 3.05) is 11.9 Å². The molecule has 6 nitrogen and oxygen atoms in total. The molecule has 6 heteroatoms. The molecule has 0 saturated heterocycles. The average Bonchev–Trinajstić information content (AvgIpc) is 3.13. The number of fused-ring (bicyclic) bond motifs is 1. The Bertz CT molecular complexity index is 1010. The molecule has 4 rings (SSSR count). The highest BCUT2D eigenvalue weighted by Gasteiger charge is 2.24. The Morgan fingerprint density at radius 1 is 1.15 bits per heavy atom. The van der Waals surface area contributed by atoms with Gasteiger partial charge in [-0.05, 0) is 43.3 Å². The number of carbonyl (C=O) groups excluding carboxylic acids is 1. The van der Waals surface area contributed by atoms with Gasteiger partial charge in [0.05, 0.1) is 35.8 Å². The molecule has 2 amide bonds. The van der Waals surface area contributed by atoms with E-state index in [1.807, 2.05) is 54.2 Å². The predicted molar refractivity (Wildman–Crippen MR) is 103 cm³/mol. The molecule has 1 aromatic heterocycles. The van der Waals surface area contributed by atoms with Crippen molar-refractivity contribution in [3.63, 3.8) is 0 Å².